The number of carbonyl (C=O) groups is 2. The molecule has 0 atom stereocenters. The maximum Gasteiger partial charge on any atom is 0.324 e. The average Bonchev–Trinajstić information content (AvgIpc) is 2.93. The smallest absolute Gasteiger partial charge is 0.324 e. The Kier molecular flexibility index (Phi) is 4.10. The third kappa shape index (κ3) is 3.50. The van der Waals surface area contributed by atoms with Crippen molar-refractivity contribution in [1.29, 1.82) is 0 Å². The van der Waals surface area contributed by atoms with Crippen LogP contribution in [0.4, 0.5) is 4.79 Å². The number of nitrogens with one attached hydrogen (secondary N) is 2. The largest absolute Gasteiger partial charge is 0.329 e. The van der Waals surface area contributed by atoms with Crippen LogP contribution in [0.2, 0.25) is 0 Å². The SMILES string of the molecule is CC(C)NCc1cn(CCN2C(=O)CNC2=O)nn1. The Morgan fingerprint density at radius 3 is 2.84 bits per heavy atom. The third-order valence-corrected chi connectivity index (χ3v) is 2.77. The minimum Gasteiger partial charge on any atom is -0.329 e. The minimum atomic E-state index is -0.341. The zero-order valence-corrected chi connectivity index (χ0v) is 11.1. The highest BCUT2D eigenvalue weighted by atomic mass is 16.2. The van der Waals surface area contributed by atoms with Crippen molar-refractivity contribution >= 4 is 11.9 Å². The van der Waals surface area contributed by atoms with Gasteiger partial charge in [-0.15, -0.1) is 5.10 Å². The highest BCUT2D eigenvalue weighted by molar-refractivity contribution is 6.01. The van der Waals surface area contributed by atoms with Crippen LogP contribution in [0.25, 0.3) is 0 Å². The zero-order chi connectivity index (χ0) is 13.8. The molecule has 0 unspecified atom stereocenters. The first-order valence-electron chi connectivity index (χ1n) is 6.27. The van der Waals surface area contributed by atoms with Crippen LogP contribution < -0.4 is 10.6 Å². The van der Waals surface area contributed by atoms with Crippen molar-refractivity contribution in [3.63, 3.8) is 0 Å². The Labute approximate surface area is 111 Å². The summed E-state index contributed by atoms with van der Waals surface area (Å²) in [6.45, 7) is 5.61. The molecule has 0 aliphatic carbocycles. The summed E-state index contributed by atoms with van der Waals surface area (Å²) in [5, 5.41) is 13.7. The average molecular weight is 266 g/mol. The van der Waals surface area contributed by atoms with Crippen molar-refractivity contribution in [2.24, 2.45) is 0 Å². The van der Waals surface area contributed by atoms with Crippen LogP contribution in [0.1, 0.15) is 19.5 Å². The summed E-state index contributed by atoms with van der Waals surface area (Å²) in [5.74, 6) is -0.202. The summed E-state index contributed by atoms with van der Waals surface area (Å²) in [5.41, 5.74) is 0.839. The van der Waals surface area contributed by atoms with Crippen LogP contribution in [-0.2, 0) is 17.9 Å². The van der Waals surface area contributed by atoms with Gasteiger partial charge in [-0.3, -0.25) is 14.4 Å². The van der Waals surface area contributed by atoms with Crippen molar-refractivity contribution in [3.05, 3.63) is 11.9 Å². The summed E-state index contributed by atoms with van der Waals surface area (Å²) in [4.78, 5) is 23.9. The van der Waals surface area contributed by atoms with Gasteiger partial charge in [0.15, 0.2) is 0 Å². The normalized spacial score (nSPS) is 15.4. The molecular formula is C11H18N6O2. The number of hydrogen-bond acceptors (Lipinski definition) is 5. The van der Waals surface area contributed by atoms with Gasteiger partial charge >= 0.3 is 6.03 Å². The Bertz CT molecular complexity index is 454. The van der Waals surface area contributed by atoms with Gasteiger partial charge in [0, 0.05) is 18.8 Å². The monoisotopic (exact) mass is 266 g/mol. The molecule has 1 aliphatic heterocycles. The van der Waals surface area contributed by atoms with Gasteiger partial charge in [0.25, 0.3) is 0 Å². The highest BCUT2D eigenvalue weighted by Crippen LogP contribution is 2.00. The number of carbonyl (C=O) groups excluding carboxylic acids is 2. The number of hydrogen-bond donors (Lipinski definition) is 2. The van der Waals surface area contributed by atoms with Gasteiger partial charge in [0.1, 0.15) is 0 Å². The second-order valence-corrected chi connectivity index (χ2v) is 4.71. The maximum absolute atomic E-state index is 11.4. The van der Waals surface area contributed by atoms with E-state index in [4.69, 9.17) is 0 Å². The molecule has 0 radical (unpaired) electrons. The molecule has 0 saturated carbocycles. The lowest BCUT2D eigenvalue weighted by atomic mass is 10.3. The fraction of sp³-hybridized carbons (Fsp3) is 0.636. The van der Waals surface area contributed by atoms with E-state index in [-0.39, 0.29) is 18.5 Å². The number of imide groups is 1. The van der Waals surface area contributed by atoms with Crippen LogP contribution in [0.15, 0.2) is 6.20 Å². The first-order valence-corrected chi connectivity index (χ1v) is 6.27. The fourth-order valence-electron chi connectivity index (χ4n) is 1.72. The number of urea groups is 1. The van der Waals surface area contributed by atoms with Gasteiger partial charge in [-0.25, -0.2) is 4.79 Å². The molecule has 104 valence electrons. The molecule has 1 fully saturated rings. The first kappa shape index (κ1) is 13.5. The van der Waals surface area contributed by atoms with Gasteiger partial charge in [-0.05, 0) is 0 Å². The molecular weight excluding hydrogens is 248 g/mol. The zero-order valence-electron chi connectivity index (χ0n) is 11.1. The van der Waals surface area contributed by atoms with Crippen LogP contribution in [0.3, 0.4) is 0 Å². The van der Waals surface area contributed by atoms with Crippen LogP contribution in [-0.4, -0.2) is 51.0 Å². The molecule has 19 heavy (non-hydrogen) atoms. The van der Waals surface area contributed by atoms with E-state index in [0.29, 0.717) is 25.7 Å². The van der Waals surface area contributed by atoms with E-state index < -0.39 is 0 Å². The van der Waals surface area contributed by atoms with E-state index in [9.17, 15) is 9.59 Å². The number of nitrogens with zero attached hydrogens (tertiary/aromatic N) is 4. The summed E-state index contributed by atoms with van der Waals surface area (Å²) < 4.78 is 1.64. The standard InChI is InChI=1S/C11H18N6O2/c1-8(2)12-5-9-7-16(15-14-9)3-4-17-10(18)6-13-11(17)19/h7-8,12H,3-6H2,1-2H3,(H,13,19). The minimum absolute atomic E-state index is 0.0831. The van der Waals surface area contributed by atoms with Crippen molar-refractivity contribution in [2.45, 2.75) is 33.0 Å². The Balaban J connectivity index is 1.83. The second kappa shape index (κ2) is 5.79. The predicted octanol–water partition coefficient (Wildman–Crippen LogP) is -0.672. The molecule has 2 N–H and O–H groups in total. The number of amides is 3. The number of rotatable bonds is 6. The van der Waals surface area contributed by atoms with E-state index in [2.05, 4.69) is 34.8 Å². The van der Waals surface area contributed by atoms with E-state index in [0.717, 1.165) is 5.69 Å². The molecule has 2 heterocycles. The van der Waals surface area contributed by atoms with Crippen LogP contribution in [0, 0.1) is 0 Å². The molecule has 1 saturated heterocycles. The van der Waals surface area contributed by atoms with Crippen LogP contribution >= 0.6 is 0 Å². The van der Waals surface area contributed by atoms with Gasteiger partial charge in [0.2, 0.25) is 5.91 Å². The van der Waals surface area contributed by atoms with Crippen molar-refractivity contribution in [2.75, 3.05) is 13.1 Å². The molecule has 1 aliphatic rings. The lowest BCUT2D eigenvalue weighted by Crippen LogP contribution is -2.33. The van der Waals surface area contributed by atoms with E-state index in [1.54, 1.807) is 4.68 Å². The molecule has 8 heteroatoms. The predicted molar refractivity (Wildman–Crippen MR) is 67.1 cm³/mol. The molecule has 1 aromatic heterocycles. The topological polar surface area (TPSA) is 92.2 Å². The van der Waals surface area contributed by atoms with Crippen molar-refractivity contribution < 1.29 is 9.59 Å². The lowest BCUT2D eigenvalue weighted by molar-refractivity contribution is -0.125. The Morgan fingerprint density at radius 2 is 2.21 bits per heavy atom. The van der Waals surface area contributed by atoms with Gasteiger partial charge in [-0.1, -0.05) is 19.1 Å². The highest BCUT2D eigenvalue weighted by Gasteiger charge is 2.27. The van der Waals surface area contributed by atoms with Gasteiger partial charge in [-0.2, -0.15) is 0 Å². The second-order valence-electron chi connectivity index (χ2n) is 4.71. The molecule has 0 aromatic carbocycles. The Hall–Kier alpha value is -1.96. The van der Waals surface area contributed by atoms with Gasteiger partial charge in [0.05, 0.1) is 25.3 Å². The Morgan fingerprint density at radius 1 is 1.42 bits per heavy atom. The molecule has 8 nitrogen and oxygen atoms in total. The fourth-order valence-corrected chi connectivity index (χ4v) is 1.72. The van der Waals surface area contributed by atoms with E-state index >= 15 is 0 Å². The molecule has 3 amide bonds. The molecule has 0 spiro atoms. The summed E-state index contributed by atoms with van der Waals surface area (Å²) in [6, 6.07) is 0.0443. The summed E-state index contributed by atoms with van der Waals surface area (Å²) in [6.07, 6.45) is 1.81. The summed E-state index contributed by atoms with van der Waals surface area (Å²) in [7, 11) is 0. The molecule has 2 rings (SSSR count). The summed E-state index contributed by atoms with van der Waals surface area (Å²) >= 11 is 0. The number of aromatic nitrogens is 3. The van der Waals surface area contributed by atoms with E-state index in [1.165, 1.54) is 4.90 Å². The van der Waals surface area contributed by atoms with Crippen LogP contribution in [0.5, 0.6) is 0 Å². The van der Waals surface area contributed by atoms with E-state index in [1.807, 2.05) is 6.20 Å². The van der Waals surface area contributed by atoms with Crippen molar-refractivity contribution in [3.8, 4) is 0 Å². The van der Waals surface area contributed by atoms with Gasteiger partial charge < -0.3 is 10.6 Å². The maximum atomic E-state index is 11.4. The molecule has 1 aromatic rings. The lowest BCUT2D eigenvalue weighted by Gasteiger charge is -2.11. The quantitative estimate of drug-likeness (QED) is 0.666. The molecule has 0 bridgehead atoms. The first-order chi connectivity index (χ1) is 9.06. The third-order valence-electron chi connectivity index (χ3n) is 2.77. The van der Waals surface area contributed by atoms with Crippen molar-refractivity contribution in [1.82, 2.24) is 30.5 Å².